The van der Waals surface area contributed by atoms with Gasteiger partial charge in [-0.15, -0.1) is 5.10 Å². The Hall–Kier alpha value is -5.08. The molecule has 5 aromatic rings. The first kappa shape index (κ1) is 35.7. The van der Waals surface area contributed by atoms with Gasteiger partial charge in [0, 0.05) is 30.2 Å². The minimum atomic E-state index is -0.826. The highest BCUT2D eigenvalue weighted by atomic mass is 32.2. The number of carbonyl (C=O) groups excluding carboxylic acids is 2. The van der Waals surface area contributed by atoms with Gasteiger partial charge < -0.3 is 30.0 Å². The molecule has 1 aliphatic rings. The van der Waals surface area contributed by atoms with E-state index >= 15 is 0 Å². The summed E-state index contributed by atoms with van der Waals surface area (Å²) in [5, 5.41) is 28.1. The van der Waals surface area contributed by atoms with Crippen LogP contribution in [0, 0.1) is 5.92 Å². The van der Waals surface area contributed by atoms with Crippen LogP contribution in [0.15, 0.2) is 114 Å². The third-order valence-corrected chi connectivity index (χ3v) is 9.73. The topological polar surface area (TPSA) is 150 Å². The monoisotopic (exact) mass is 708 g/mol. The Bertz CT molecular complexity index is 1860. The number of urea groups is 1. The quantitative estimate of drug-likeness (QED) is 0.108. The molecule has 13 heteroatoms. The van der Waals surface area contributed by atoms with Gasteiger partial charge in [0.1, 0.15) is 6.04 Å². The Morgan fingerprint density at radius 3 is 2.24 bits per heavy atom. The number of esters is 1. The predicted octanol–water partition coefficient (Wildman–Crippen LogP) is 5.32. The number of amides is 2. The van der Waals surface area contributed by atoms with E-state index in [0.29, 0.717) is 17.3 Å². The Labute approximate surface area is 300 Å². The first-order valence-corrected chi connectivity index (χ1v) is 17.6. The summed E-state index contributed by atoms with van der Waals surface area (Å²) in [6, 6.07) is 33.3. The van der Waals surface area contributed by atoms with Crippen LogP contribution in [0.2, 0.25) is 0 Å². The number of aliphatic hydroxyl groups excluding tert-OH is 1. The lowest BCUT2D eigenvalue weighted by molar-refractivity contribution is -0.268. The molecule has 6 rings (SSSR count). The van der Waals surface area contributed by atoms with E-state index in [1.165, 1.54) is 18.9 Å². The predicted molar refractivity (Wildman–Crippen MR) is 191 cm³/mol. The number of ether oxygens (including phenoxy) is 3. The molecule has 12 nitrogen and oxygen atoms in total. The number of nitrogens with zero attached hydrogens (tertiary/aromatic N) is 4. The fourth-order valence-electron chi connectivity index (χ4n) is 5.84. The minimum Gasteiger partial charge on any atom is -0.467 e. The van der Waals surface area contributed by atoms with E-state index in [4.69, 9.17) is 14.2 Å². The Morgan fingerprint density at radius 2 is 1.55 bits per heavy atom. The number of carbonyl (C=O) groups is 2. The van der Waals surface area contributed by atoms with Crippen LogP contribution in [-0.2, 0) is 38.6 Å². The number of nitrogens with one attached hydrogen (secondary N) is 2. The average molecular weight is 709 g/mol. The van der Waals surface area contributed by atoms with Gasteiger partial charge in [0.2, 0.25) is 5.16 Å². The maximum Gasteiger partial charge on any atom is 0.328 e. The number of thioether (sulfide) groups is 1. The molecule has 1 saturated heterocycles. The maximum atomic E-state index is 12.8. The number of benzene rings is 4. The zero-order chi connectivity index (χ0) is 35.6. The summed E-state index contributed by atoms with van der Waals surface area (Å²) in [4.78, 5) is 25.1. The highest BCUT2D eigenvalue weighted by Gasteiger charge is 2.38. The van der Waals surface area contributed by atoms with Crippen LogP contribution in [0.4, 0.5) is 4.79 Å². The molecule has 2 heterocycles. The average Bonchev–Trinajstić information content (AvgIpc) is 3.66. The lowest BCUT2D eigenvalue weighted by atomic mass is 9.91. The molecule has 0 unspecified atom stereocenters. The van der Waals surface area contributed by atoms with Crippen molar-refractivity contribution in [2.24, 2.45) is 5.92 Å². The number of hydrogen-bond donors (Lipinski definition) is 3. The lowest BCUT2D eigenvalue weighted by Gasteiger charge is -2.41. The Morgan fingerprint density at radius 1 is 0.882 bits per heavy atom. The molecule has 51 heavy (non-hydrogen) atoms. The van der Waals surface area contributed by atoms with Crippen molar-refractivity contribution >= 4 is 23.8 Å². The first-order chi connectivity index (χ1) is 24.9. The second-order valence-corrected chi connectivity index (χ2v) is 13.2. The molecule has 0 radical (unpaired) electrons. The maximum absolute atomic E-state index is 12.8. The molecular weight excluding hydrogens is 669 g/mol. The number of methoxy groups -OCH3 is 1. The molecule has 1 aromatic heterocycles. The summed E-state index contributed by atoms with van der Waals surface area (Å²) >= 11 is 1.52. The second kappa shape index (κ2) is 17.2. The molecule has 0 saturated carbocycles. The van der Waals surface area contributed by atoms with Crippen LogP contribution < -0.4 is 10.6 Å². The fourth-order valence-corrected chi connectivity index (χ4v) is 6.89. The van der Waals surface area contributed by atoms with E-state index in [1.807, 2.05) is 109 Å². The van der Waals surface area contributed by atoms with Crippen molar-refractivity contribution in [2.45, 2.75) is 56.2 Å². The number of aromatic nitrogens is 4. The van der Waals surface area contributed by atoms with Crippen LogP contribution in [0.3, 0.4) is 0 Å². The Kier molecular flexibility index (Phi) is 12.1. The molecule has 264 valence electrons. The minimum absolute atomic E-state index is 0.0209. The summed E-state index contributed by atoms with van der Waals surface area (Å²) in [6.07, 6.45) is -0.855. The molecule has 3 N–H and O–H groups in total. The highest BCUT2D eigenvalue weighted by molar-refractivity contribution is 7.99. The van der Waals surface area contributed by atoms with Crippen molar-refractivity contribution < 1.29 is 28.9 Å². The molecular formula is C38H40N6O6S. The van der Waals surface area contributed by atoms with Crippen molar-refractivity contribution in [3.8, 4) is 5.69 Å². The van der Waals surface area contributed by atoms with E-state index < -0.39 is 24.3 Å². The number of rotatable bonds is 13. The molecule has 0 aliphatic carbocycles. The smallest absolute Gasteiger partial charge is 0.328 e. The SMILES string of the molecule is COC(=O)[C@H](Cc1ccccc1)NC(=O)NCc1ccc([C@H]2O[C@@H](CSc3nnnn3-c3ccccc3)[C@@H](C)[C@@H](c3ccc(CO)cc3)O2)cc1. The zero-order valence-electron chi connectivity index (χ0n) is 28.3. The summed E-state index contributed by atoms with van der Waals surface area (Å²) in [5.74, 6) is 0.0367. The molecule has 2 amide bonds. The van der Waals surface area contributed by atoms with E-state index in [1.54, 1.807) is 4.68 Å². The van der Waals surface area contributed by atoms with E-state index in [0.717, 1.165) is 33.5 Å². The standard InChI is InChI=1S/C38H40N6O6S/c1-25-33(24-51-38-41-42-43-44(38)31-11-7-4-8-12-31)49-36(50-34(25)29-17-15-28(23-45)16-18-29)30-19-13-27(14-20-30)22-39-37(47)40-32(35(46)48-2)21-26-9-5-3-6-10-26/h3-20,25,32-34,36,45H,21-24H2,1-2H3,(H2,39,40,47)/t25-,32+,33+,34+,36+/m1/s1. The molecule has 5 atom stereocenters. The van der Waals surface area contributed by atoms with Gasteiger partial charge in [-0.2, -0.15) is 4.68 Å². The van der Waals surface area contributed by atoms with Gasteiger partial charge in [-0.25, -0.2) is 9.59 Å². The number of hydrogen-bond acceptors (Lipinski definition) is 10. The summed E-state index contributed by atoms with van der Waals surface area (Å²) in [7, 11) is 1.30. The summed E-state index contributed by atoms with van der Waals surface area (Å²) in [6.45, 7) is 2.31. The van der Waals surface area contributed by atoms with Crippen LogP contribution >= 0.6 is 11.8 Å². The number of para-hydroxylation sites is 1. The molecule has 1 aliphatic heterocycles. The van der Waals surface area contributed by atoms with E-state index in [2.05, 4.69) is 33.1 Å². The third-order valence-electron chi connectivity index (χ3n) is 8.72. The summed E-state index contributed by atoms with van der Waals surface area (Å²) < 4.78 is 19.8. The van der Waals surface area contributed by atoms with E-state index in [-0.39, 0.29) is 31.3 Å². The van der Waals surface area contributed by atoms with Crippen molar-refractivity contribution in [1.29, 1.82) is 0 Å². The number of aliphatic hydroxyl groups is 1. The van der Waals surface area contributed by atoms with Crippen LogP contribution in [0.5, 0.6) is 0 Å². The van der Waals surface area contributed by atoms with Crippen LogP contribution in [0.1, 0.15) is 47.1 Å². The van der Waals surface area contributed by atoms with Gasteiger partial charge in [0.25, 0.3) is 0 Å². The fraction of sp³-hybridized carbons (Fsp3) is 0.289. The molecule has 1 fully saturated rings. The Balaban J connectivity index is 1.12. The summed E-state index contributed by atoms with van der Waals surface area (Å²) in [5.41, 5.74) is 5.26. The van der Waals surface area contributed by atoms with Crippen molar-refractivity contribution in [2.75, 3.05) is 12.9 Å². The second-order valence-electron chi connectivity index (χ2n) is 12.2. The zero-order valence-corrected chi connectivity index (χ0v) is 29.1. The number of tetrazole rings is 1. The highest BCUT2D eigenvalue weighted by Crippen LogP contribution is 2.43. The molecule has 4 aromatic carbocycles. The van der Waals surface area contributed by atoms with Gasteiger partial charge in [-0.05, 0) is 44.8 Å². The van der Waals surface area contributed by atoms with Crippen LogP contribution in [-0.4, -0.2) is 62.3 Å². The van der Waals surface area contributed by atoms with Gasteiger partial charge in [-0.3, -0.25) is 0 Å². The largest absolute Gasteiger partial charge is 0.467 e. The van der Waals surface area contributed by atoms with Gasteiger partial charge in [0.05, 0.1) is 31.6 Å². The van der Waals surface area contributed by atoms with Gasteiger partial charge >= 0.3 is 12.0 Å². The first-order valence-electron chi connectivity index (χ1n) is 16.6. The third kappa shape index (κ3) is 9.18. The van der Waals surface area contributed by atoms with Crippen molar-refractivity contribution in [3.05, 3.63) is 137 Å². The lowest BCUT2D eigenvalue weighted by Crippen LogP contribution is -2.47. The molecule has 0 bridgehead atoms. The van der Waals surface area contributed by atoms with Crippen molar-refractivity contribution in [3.63, 3.8) is 0 Å². The van der Waals surface area contributed by atoms with Crippen molar-refractivity contribution in [1.82, 2.24) is 30.8 Å². The van der Waals surface area contributed by atoms with Crippen LogP contribution in [0.25, 0.3) is 5.69 Å². The molecule has 0 spiro atoms. The van der Waals surface area contributed by atoms with E-state index in [9.17, 15) is 14.7 Å². The van der Waals surface area contributed by atoms with Gasteiger partial charge in [-0.1, -0.05) is 116 Å². The van der Waals surface area contributed by atoms with Gasteiger partial charge in [0.15, 0.2) is 6.29 Å². The normalized spacial score (nSPS) is 19.2.